The molecular weight excluding hydrogens is 486 g/mol. The highest BCUT2D eigenvalue weighted by Crippen LogP contribution is 2.41. The maximum absolute atomic E-state index is 11.2. The minimum absolute atomic E-state index is 0.0417. The molecule has 36 heavy (non-hydrogen) atoms. The minimum atomic E-state index is -0.778. The van der Waals surface area contributed by atoms with Crippen molar-refractivity contribution in [2.45, 2.75) is 82.7 Å². The van der Waals surface area contributed by atoms with Gasteiger partial charge in [-0.1, -0.05) is 12.2 Å². The first kappa shape index (κ1) is 28.3. The first-order valence-corrected chi connectivity index (χ1v) is 13.2. The van der Waals surface area contributed by atoms with Crippen molar-refractivity contribution in [2.75, 3.05) is 18.9 Å². The van der Waals surface area contributed by atoms with E-state index in [1.54, 1.807) is 12.1 Å². The van der Waals surface area contributed by atoms with Gasteiger partial charge in [0.25, 0.3) is 0 Å². The molecule has 3 N–H and O–H groups in total. The smallest absolute Gasteiger partial charge is 0.303 e. The Bertz CT molecular complexity index is 887. The fourth-order valence-electron chi connectivity index (χ4n) is 4.81. The van der Waals surface area contributed by atoms with Gasteiger partial charge in [-0.15, -0.1) is 11.6 Å². The van der Waals surface area contributed by atoms with Gasteiger partial charge in [0, 0.05) is 43.0 Å². The molecule has 1 saturated carbocycles. The summed E-state index contributed by atoms with van der Waals surface area (Å²) in [6, 6.07) is 5.33. The second-order valence-corrected chi connectivity index (χ2v) is 10.1. The molecule has 1 aromatic carbocycles. The number of anilines is 1. The van der Waals surface area contributed by atoms with E-state index in [1.165, 1.54) is 6.92 Å². The molecule has 2 fully saturated rings. The highest BCUT2D eigenvalue weighted by molar-refractivity contribution is 6.21. The van der Waals surface area contributed by atoms with E-state index in [9.17, 15) is 9.59 Å². The normalized spacial score (nSPS) is 26.2. The standard InChI is InChI=1S/C27H38ClNO7/c1-18(30)34-16-19-12-20(29)14-21(13-19)35-17-23-22(8-4-2-3-5-9-26(31)32)24(28)15-25(23)36-27-10-6-7-11-33-27/h2,4,12-14,22-25,27H,3,5-11,15-17,29H2,1H3,(H,31,32)/b4-2-/t22-,23-,24?,25-,27?/m1/s1. The number of unbranched alkanes of at least 4 members (excludes halogenated alkanes) is 1. The van der Waals surface area contributed by atoms with Crippen LogP contribution >= 0.6 is 11.6 Å². The molecule has 8 nitrogen and oxygen atoms in total. The average Bonchev–Trinajstić information content (AvgIpc) is 3.12. The summed E-state index contributed by atoms with van der Waals surface area (Å²) in [7, 11) is 0. The number of hydrogen-bond donors (Lipinski definition) is 2. The molecule has 3 rings (SSSR count). The van der Waals surface area contributed by atoms with E-state index in [1.807, 2.05) is 12.1 Å². The third-order valence-corrected chi connectivity index (χ3v) is 7.13. The molecule has 0 aromatic heterocycles. The molecule has 2 unspecified atom stereocenters. The van der Waals surface area contributed by atoms with E-state index in [4.69, 9.17) is 41.4 Å². The van der Waals surface area contributed by atoms with Gasteiger partial charge in [0.15, 0.2) is 6.29 Å². The Morgan fingerprint density at radius 3 is 2.78 bits per heavy atom. The van der Waals surface area contributed by atoms with Crippen molar-refractivity contribution >= 4 is 29.2 Å². The maximum Gasteiger partial charge on any atom is 0.303 e. The molecular formula is C27H38ClNO7. The maximum atomic E-state index is 11.2. The average molecular weight is 524 g/mol. The molecule has 0 amide bonds. The largest absolute Gasteiger partial charge is 0.493 e. The zero-order valence-corrected chi connectivity index (χ0v) is 21.7. The van der Waals surface area contributed by atoms with Crippen molar-refractivity contribution in [1.29, 1.82) is 0 Å². The van der Waals surface area contributed by atoms with Crippen LogP contribution in [0, 0.1) is 11.8 Å². The zero-order valence-electron chi connectivity index (χ0n) is 20.9. The number of carboxylic acid groups (broad SMARTS) is 1. The van der Waals surface area contributed by atoms with Crippen LogP contribution in [-0.4, -0.2) is 48.0 Å². The number of alkyl halides is 1. The second kappa shape index (κ2) is 14.4. The molecule has 1 aromatic rings. The lowest BCUT2D eigenvalue weighted by molar-refractivity contribution is -0.197. The van der Waals surface area contributed by atoms with Gasteiger partial charge in [0.2, 0.25) is 0 Å². The number of halogens is 1. The predicted molar refractivity (Wildman–Crippen MR) is 137 cm³/mol. The Kier molecular flexibility index (Phi) is 11.4. The number of esters is 1. The van der Waals surface area contributed by atoms with E-state index in [0.29, 0.717) is 37.5 Å². The molecule has 0 bridgehead atoms. The van der Waals surface area contributed by atoms with Crippen LogP contribution in [0.1, 0.15) is 63.9 Å². The highest BCUT2D eigenvalue weighted by Gasteiger charge is 2.44. The van der Waals surface area contributed by atoms with E-state index < -0.39 is 5.97 Å². The summed E-state index contributed by atoms with van der Waals surface area (Å²) in [5, 5.41) is 8.74. The Hall–Kier alpha value is -2.29. The zero-order chi connectivity index (χ0) is 25.9. The van der Waals surface area contributed by atoms with Crippen LogP contribution in [0.3, 0.4) is 0 Å². The van der Waals surface area contributed by atoms with Gasteiger partial charge < -0.3 is 29.8 Å². The van der Waals surface area contributed by atoms with Crippen LogP contribution in [0.2, 0.25) is 0 Å². The third-order valence-electron chi connectivity index (χ3n) is 6.62. The Morgan fingerprint density at radius 2 is 2.06 bits per heavy atom. The summed E-state index contributed by atoms with van der Waals surface area (Å²) < 4.78 is 23.5. The van der Waals surface area contributed by atoms with Gasteiger partial charge in [0.05, 0.1) is 12.7 Å². The predicted octanol–water partition coefficient (Wildman–Crippen LogP) is 5.07. The quantitative estimate of drug-likeness (QED) is 0.121. The summed E-state index contributed by atoms with van der Waals surface area (Å²) >= 11 is 6.81. The third kappa shape index (κ3) is 9.30. The van der Waals surface area contributed by atoms with Crippen molar-refractivity contribution in [1.82, 2.24) is 0 Å². The van der Waals surface area contributed by atoms with Crippen LogP contribution in [0.15, 0.2) is 30.4 Å². The van der Waals surface area contributed by atoms with Crippen molar-refractivity contribution < 1.29 is 33.6 Å². The van der Waals surface area contributed by atoms with E-state index in [2.05, 4.69) is 6.08 Å². The summed E-state index contributed by atoms with van der Waals surface area (Å²) in [5.41, 5.74) is 7.33. The number of benzene rings is 1. The summed E-state index contributed by atoms with van der Waals surface area (Å²) in [6.07, 6.45) is 9.78. The monoisotopic (exact) mass is 523 g/mol. The molecule has 0 radical (unpaired) electrons. The van der Waals surface area contributed by atoms with Crippen molar-refractivity contribution in [3.8, 4) is 5.75 Å². The van der Waals surface area contributed by atoms with Crippen LogP contribution in [0.4, 0.5) is 5.69 Å². The van der Waals surface area contributed by atoms with Crippen molar-refractivity contribution in [3.05, 3.63) is 35.9 Å². The number of nitrogen functional groups attached to an aromatic ring is 1. The number of allylic oxidation sites excluding steroid dienone is 2. The first-order valence-electron chi connectivity index (χ1n) is 12.8. The number of carboxylic acids is 1. The van der Waals surface area contributed by atoms with Gasteiger partial charge >= 0.3 is 11.9 Å². The van der Waals surface area contributed by atoms with E-state index in [-0.39, 0.29) is 48.6 Å². The van der Waals surface area contributed by atoms with Gasteiger partial charge in [0.1, 0.15) is 12.4 Å². The van der Waals surface area contributed by atoms with Gasteiger partial charge in [-0.2, -0.15) is 0 Å². The molecule has 0 spiro atoms. The molecule has 9 heteroatoms. The highest BCUT2D eigenvalue weighted by atomic mass is 35.5. The molecule has 200 valence electrons. The molecule has 5 atom stereocenters. The van der Waals surface area contributed by atoms with Crippen molar-refractivity contribution in [3.63, 3.8) is 0 Å². The molecule has 1 aliphatic carbocycles. The van der Waals surface area contributed by atoms with Gasteiger partial charge in [-0.25, -0.2) is 0 Å². The molecule has 1 heterocycles. The van der Waals surface area contributed by atoms with Crippen molar-refractivity contribution in [2.24, 2.45) is 11.8 Å². The van der Waals surface area contributed by atoms with E-state index >= 15 is 0 Å². The Labute approximate surface area is 218 Å². The van der Waals surface area contributed by atoms with Gasteiger partial charge in [-0.05, 0) is 68.6 Å². The summed E-state index contributed by atoms with van der Waals surface area (Å²) in [6.45, 7) is 2.60. The lowest BCUT2D eigenvalue weighted by Crippen LogP contribution is -2.34. The number of rotatable bonds is 13. The SMILES string of the molecule is CC(=O)OCc1cc(N)cc(OC[C@H]2[C@H](OC3CCCCO3)CC(Cl)[C@@H]2C/C=C\CCCC(=O)O)c1. The fraction of sp³-hybridized carbons (Fsp3) is 0.630. The lowest BCUT2D eigenvalue weighted by atomic mass is 9.91. The van der Waals surface area contributed by atoms with Crippen LogP contribution in [0.5, 0.6) is 5.75 Å². The molecule has 1 aliphatic heterocycles. The summed E-state index contributed by atoms with van der Waals surface area (Å²) in [4.78, 5) is 21.9. The number of nitrogens with two attached hydrogens (primary N) is 1. The number of carbonyl (C=O) groups excluding carboxylic acids is 1. The second-order valence-electron chi connectivity index (χ2n) is 9.54. The van der Waals surface area contributed by atoms with Gasteiger partial charge in [-0.3, -0.25) is 9.59 Å². The first-order chi connectivity index (χ1) is 17.3. The summed E-state index contributed by atoms with van der Waals surface area (Å²) in [5.74, 6) is -0.356. The fourth-order valence-corrected chi connectivity index (χ4v) is 5.28. The molecule has 1 saturated heterocycles. The lowest BCUT2D eigenvalue weighted by Gasteiger charge is -2.30. The van der Waals surface area contributed by atoms with Crippen LogP contribution in [-0.2, 0) is 30.4 Å². The molecule has 2 aliphatic rings. The van der Waals surface area contributed by atoms with E-state index in [0.717, 1.165) is 37.7 Å². The Balaban J connectivity index is 1.66. The Morgan fingerprint density at radius 1 is 1.22 bits per heavy atom. The van der Waals surface area contributed by atoms with Crippen LogP contribution in [0.25, 0.3) is 0 Å². The number of carbonyl (C=O) groups is 2. The number of aliphatic carboxylic acids is 1. The number of hydrogen-bond acceptors (Lipinski definition) is 7. The van der Waals surface area contributed by atoms with Crippen LogP contribution < -0.4 is 10.5 Å². The minimum Gasteiger partial charge on any atom is -0.493 e. The number of ether oxygens (including phenoxy) is 4. The topological polar surface area (TPSA) is 117 Å².